The van der Waals surface area contributed by atoms with E-state index in [0.717, 1.165) is 29.3 Å². The van der Waals surface area contributed by atoms with Crippen molar-refractivity contribution in [1.29, 1.82) is 0 Å². The van der Waals surface area contributed by atoms with E-state index in [1.807, 2.05) is 31.2 Å². The molecule has 98 valence electrons. The molecule has 3 atom stereocenters. The van der Waals surface area contributed by atoms with Crippen molar-refractivity contribution in [2.24, 2.45) is 11.7 Å². The molecule has 1 aliphatic rings. The van der Waals surface area contributed by atoms with E-state index < -0.39 is 0 Å². The van der Waals surface area contributed by atoms with E-state index in [2.05, 4.69) is 21.2 Å². The molecule has 1 aliphatic carbocycles. The predicted octanol–water partition coefficient (Wildman–Crippen LogP) is 2.75. The summed E-state index contributed by atoms with van der Waals surface area (Å²) in [5.74, 6) is 0.219. The zero-order chi connectivity index (χ0) is 13.1. The molecule has 3 N–H and O–H groups in total. The molecule has 1 aromatic carbocycles. The van der Waals surface area contributed by atoms with Crippen molar-refractivity contribution >= 4 is 21.8 Å². The summed E-state index contributed by atoms with van der Waals surface area (Å²) in [6, 6.07) is 8.18. The molecule has 0 radical (unpaired) electrons. The van der Waals surface area contributed by atoms with Crippen LogP contribution in [0.1, 0.15) is 37.8 Å². The Morgan fingerprint density at radius 2 is 2.17 bits per heavy atom. The van der Waals surface area contributed by atoms with Gasteiger partial charge in [0.15, 0.2) is 0 Å². The zero-order valence-corrected chi connectivity index (χ0v) is 12.1. The molecule has 0 bridgehead atoms. The van der Waals surface area contributed by atoms with Gasteiger partial charge in [0.05, 0.1) is 6.04 Å². The van der Waals surface area contributed by atoms with Crippen LogP contribution >= 0.6 is 15.9 Å². The van der Waals surface area contributed by atoms with Crippen LogP contribution in [0, 0.1) is 5.92 Å². The third-order valence-electron chi connectivity index (χ3n) is 3.57. The van der Waals surface area contributed by atoms with Crippen molar-refractivity contribution in [2.75, 3.05) is 0 Å². The van der Waals surface area contributed by atoms with Crippen molar-refractivity contribution in [3.63, 3.8) is 0 Å². The molecule has 0 spiro atoms. The van der Waals surface area contributed by atoms with Gasteiger partial charge in [-0.25, -0.2) is 0 Å². The van der Waals surface area contributed by atoms with E-state index in [-0.39, 0.29) is 23.9 Å². The number of nitrogens with two attached hydrogens (primary N) is 1. The molecular formula is C14H19BrN2O. The largest absolute Gasteiger partial charge is 0.349 e. The van der Waals surface area contributed by atoms with Gasteiger partial charge in [-0.3, -0.25) is 4.79 Å². The Balaban J connectivity index is 1.97. The highest BCUT2D eigenvalue weighted by Gasteiger charge is 2.28. The van der Waals surface area contributed by atoms with Crippen LogP contribution in [0.5, 0.6) is 0 Å². The molecule has 1 fully saturated rings. The van der Waals surface area contributed by atoms with Gasteiger partial charge >= 0.3 is 0 Å². The molecule has 0 heterocycles. The molecule has 0 saturated heterocycles. The summed E-state index contributed by atoms with van der Waals surface area (Å²) in [5, 5.41) is 3.08. The maximum absolute atomic E-state index is 12.1. The van der Waals surface area contributed by atoms with Crippen LogP contribution in [0.25, 0.3) is 0 Å². The van der Waals surface area contributed by atoms with Crippen molar-refractivity contribution in [3.8, 4) is 0 Å². The standard InChI is InChI=1S/C14H19BrN2O/c1-9(12-4-2-3-5-13(12)15)17-14(18)10-6-7-11(16)8-10/h2-5,9-11H,6-8,16H2,1H3,(H,17,18)/t9-,10?,11?/m1/s1. The molecule has 2 unspecified atom stereocenters. The fourth-order valence-electron chi connectivity index (χ4n) is 2.49. The number of nitrogens with one attached hydrogen (secondary N) is 1. The zero-order valence-electron chi connectivity index (χ0n) is 10.5. The van der Waals surface area contributed by atoms with E-state index >= 15 is 0 Å². The van der Waals surface area contributed by atoms with Crippen LogP contribution in [0.3, 0.4) is 0 Å². The van der Waals surface area contributed by atoms with E-state index in [4.69, 9.17) is 5.73 Å². The average Bonchev–Trinajstić information content (AvgIpc) is 2.76. The second-order valence-electron chi connectivity index (χ2n) is 5.02. The number of carbonyl (C=O) groups excluding carboxylic acids is 1. The Morgan fingerprint density at radius 3 is 2.78 bits per heavy atom. The highest BCUT2D eigenvalue weighted by molar-refractivity contribution is 9.10. The topological polar surface area (TPSA) is 55.1 Å². The van der Waals surface area contributed by atoms with Gasteiger partial charge in [0.1, 0.15) is 0 Å². The fourth-order valence-corrected chi connectivity index (χ4v) is 3.12. The first-order chi connectivity index (χ1) is 8.58. The lowest BCUT2D eigenvalue weighted by Gasteiger charge is -2.18. The second kappa shape index (κ2) is 5.85. The summed E-state index contributed by atoms with van der Waals surface area (Å²) in [5.41, 5.74) is 6.95. The summed E-state index contributed by atoms with van der Waals surface area (Å²) in [6.45, 7) is 2.01. The average molecular weight is 311 g/mol. The van der Waals surface area contributed by atoms with Crippen molar-refractivity contribution in [1.82, 2.24) is 5.32 Å². The van der Waals surface area contributed by atoms with Crippen molar-refractivity contribution < 1.29 is 4.79 Å². The summed E-state index contributed by atoms with van der Waals surface area (Å²) in [7, 11) is 0. The van der Waals surface area contributed by atoms with Crippen LogP contribution in [0.15, 0.2) is 28.7 Å². The van der Waals surface area contributed by atoms with Gasteiger partial charge in [-0.2, -0.15) is 0 Å². The van der Waals surface area contributed by atoms with Gasteiger partial charge in [-0.15, -0.1) is 0 Å². The molecule has 1 saturated carbocycles. The lowest BCUT2D eigenvalue weighted by Crippen LogP contribution is -2.32. The lowest BCUT2D eigenvalue weighted by molar-refractivity contribution is -0.125. The predicted molar refractivity (Wildman–Crippen MR) is 76.0 cm³/mol. The van der Waals surface area contributed by atoms with Crippen LogP contribution in [0.4, 0.5) is 0 Å². The monoisotopic (exact) mass is 310 g/mol. The van der Waals surface area contributed by atoms with Crippen molar-refractivity contribution in [2.45, 2.75) is 38.3 Å². The number of benzene rings is 1. The highest BCUT2D eigenvalue weighted by Crippen LogP contribution is 2.27. The van der Waals surface area contributed by atoms with E-state index in [9.17, 15) is 4.79 Å². The fraction of sp³-hybridized carbons (Fsp3) is 0.500. The molecule has 0 aromatic heterocycles. The van der Waals surface area contributed by atoms with Gasteiger partial charge in [0.25, 0.3) is 0 Å². The molecule has 18 heavy (non-hydrogen) atoms. The normalized spacial score (nSPS) is 24.8. The highest BCUT2D eigenvalue weighted by atomic mass is 79.9. The summed E-state index contributed by atoms with van der Waals surface area (Å²) in [6.07, 6.45) is 2.69. The summed E-state index contributed by atoms with van der Waals surface area (Å²) in [4.78, 5) is 12.1. The molecular weight excluding hydrogens is 292 g/mol. The van der Waals surface area contributed by atoms with Crippen molar-refractivity contribution in [3.05, 3.63) is 34.3 Å². The van der Waals surface area contributed by atoms with E-state index in [1.165, 1.54) is 0 Å². The molecule has 1 amide bonds. The van der Waals surface area contributed by atoms with Gasteiger partial charge in [-0.05, 0) is 37.8 Å². The number of halogens is 1. The van der Waals surface area contributed by atoms with Crippen LogP contribution in [-0.2, 0) is 4.79 Å². The van der Waals surface area contributed by atoms with Gasteiger partial charge in [-0.1, -0.05) is 34.1 Å². The number of hydrogen-bond acceptors (Lipinski definition) is 2. The maximum Gasteiger partial charge on any atom is 0.223 e. The van der Waals surface area contributed by atoms with E-state index in [1.54, 1.807) is 0 Å². The Bertz CT molecular complexity index is 436. The van der Waals surface area contributed by atoms with Gasteiger partial charge in [0.2, 0.25) is 5.91 Å². The molecule has 0 aliphatic heterocycles. The van der Waals surface area contributed by atoms with E-state index in [0.29, 0.717) is 0 Å². The number of carbonyl (C=O) groups is 1. The number of rotatable bonds is 3. The van der Waals surface area contributed by atoms with Crippen LogP contribution in [0.2, 0.25) is 0 Å². The Labute approximate surface area is 116 Å². The number of hydrogen-bond donors (Lipinski definition) is 2. The minimum atomic E-state index is 0.0184. The summed E-state index contributed by atoms with van der Waals surface area (Å²) >= 11 is 3.51. The minimum absolute atomic E-state index is 0.0184. The smallest absolute Gasteiger partial charge is 0.223 e. The minimum Gasteiger partial charge on any atom is -0.349 e. The molecule has 3 nitrogen and oxygen atoms in total. The van der Waals surface area contributed by atoms with Crippen LogP contribution < -0.4 is 11.1 Å². The Morgan fingerprint density at radius 1 is 1.44 bits per heavy atom. The van der Waals surface area contributed by atoms with Gasteiger partial charge in [0, 0.05) is 16.4 Å². The molecule has 2 rings (SSSR count). The summed E-state index contributed by atoms with van der Waals surface area (Å²) < 4.78 is 1.03. The molecule has 4 heteroatoms. The Hall–Kier alpha value is -0.870. The number of amides is 1. The third-order valence-corrected chi connectivity index (χ3v) is 4.30. The Kier molecular flexibility index (Phi) is 4.40. The third kappa shape index (κ3) is 3.12. The first-order valence-corrected chi connectivity index (χ1v) is 7.17. The van der Waals surface area contributed by atoms with Gasteiger partial charge < -0.3 is 11.1 Å². The molecule has 1 aromatic rings. The first kappa shape index (κ1) is 13.6. The second-order valence-corrected chi connectivity index (χ2v) is 5.88. The first-order valence-electron chi connectivity index (χ1n) is 6.38. The lowest BCUT2D eigenvalue weighted by atomic mass is 10.0. The van der Waals surface area contributed by atoms with Crippen LogP contribution in [-0.4, -0.2) is 11.9 Å². The quantitative estimate of drug-likeness (QED) is 0.902. The maximum atomic E-state index is 12.1. The SMILES string of the molecule is C[C@@H](NC(=O)C1CCC(N)C1)c1ccccc1Br.